The van der Waals surface area contributed by atoms with Crippen molar-refractivity contribution in [1.82, 2.24) is 4.98 Å². The summed E-state index contributed by atoms with van der Waals surface area (Å²) in [5.74, 6) is -0.855. The second-order valence-corrected chi connectivity index (χ2v) is 2.35. The largest absolute Gasteiger partial charge is 0.481 e. The Kier molecular flexibility index (Phi) is 2.58. The van der Waals surface area contributed by atoms with Crippen molar-refractivity contribution < 1.29 is 9.90 Å². The summed E-state index contributed by atoms with van der Waals surface area (Å²) in [4.78, 5) is 14.2. The van der Waals surface area contributed by atoms with Crippen LogP contribution in [0.2, 0.25) is 0 Å². The lowest BCUT2D eigenvalue weighted by Gasteiger charge is -2.00. The first-order valence-electron chi connectivity index (χ1n) is 3.51. The average molecular weight is 163 g/mol. The molecule has 1 rings (SSSR count). The van der Waals surface area contributed by atoms with Crippen LogP contribution in [0.3, 0.4) is 0 Å². The van der Waals surface area contributed by atoms with Gasteiger partial charge in [0.2, 0.25) is 0 Å². The number of pyridine rings is 1. The SMILES string of the molecule is C=Cc1ccncc1CC(=O)O. The van der Waals surface area contributed by atoms with E-state index in [-0.39, 0.29) is 6.42 Å². The molecule has 0 saturated heterocycles. The Bertz CT molecular complexity index is 307. The standard InChI is InChI=1S/C9H9NO2/c1-2-7-3-4-10-6-8(7)5-9(11)12/h2-4,6H,1,5H2,(H,11,12). The van der Waals surface area contributed by atoms with Gasteiger partial charge in [-0.25, -0.2) is 0 Å². The molecule has 1 heterocycles. The zero-order valence-electron chi connectivity index (χ0n) is 6.53. The lowest BCUT2D eigenvalue weighted by atomic mass is 10.1. The maximum atomic E-state index is 10.4. The molecule has 1 N–H and O–H groups in total. The highest BCUT2D eigenvalue weighted by Crippen LogP contribution is 2.08. The maximum absolute atomic E-state index is 10.4. The molecular formula is C9H9NO2. The van der Waals surface area contributed by atoms with Gasteiger partial charge >= 0.3 is 5.97 Å². The minimum absolute atomic E-state index is 0.00477. The van der Waals surface area contributed by atoms with E-state index in [9.17, 15) is 4.79 Å². The van der Waals surface area contributed by atoms with Crippen LogP contribution in [0.25, 0.3) is 6.08 Å². The fourth-order valence-electron chi connectivity index (χ4n) is 0.948. The van der Waals surface area contributed by atoms with Crippen molar-refractivity contribution in [2.45, 2.75) is 6.42 Å². The first-order valence-corrected chi connectivity index (χ1v) is 3.51. The zero-order valence-corrected chi connectivity index (χ0v) is 6.53. The molecule has 1 aromatic heterocycles. The van der Waals surface area contributed by atoms with Crippen LogP contribution >= 0.6 is 0 Å². The quantitative estimate of drug-likeness (QED) is 0.731. The van der Waals surface area contributed by atoms with Crippen molar-refractivity contribution >= 4 is 12.0 Å². The number of carboxylic acids is 1. The molecule has 3 heteroatoms. The van der Waals surface area contributed by atoms with Crippen LogP contribution in [-0.2, 0) is 11.2 Å². The number of hydrogen-bond donors (Lipinski definition) is 1. The van der Waals surface area contributed by atoms with E-state index in [0.717, 1.165) is 5.56 Å². The Morgan fingerprint density at radius 2 is 2.50 bits per heavy atom. The van der Waals surface area contributed by atoms with Crippen LogP contribution in [0.15, 0.2) is 25.0 Å². The number of aliphatic carboxylic acids is 1. The summed E-state index contributed by atoms with van der Waals surface area (Å²) in [5, 5.41) is 8.52. The second-order valence-electron chi connectivity index (χ2n) is 2.35. The smallest absolute Gasteiger partial charge is 0.307 e. The molecule has 0 fully saturated rings. The summed E-state index contributed by atoms with van der Waals surface area (Å²) < 4.78 is 0. The number of rotatable bonds is 3. The van der Waals surface area contributed by atoms with Crippen molar-refractivity contribution in [2.75, 3.05) is 0 Å². The van der Waals surface area contributed by atoms with Gasteiger partial charge in [0.15, 0.2) is 0 Å². The van der Waals surface area contributed by atoms with Gasteiger partial charge in [0.25, 0.3) is 0 Å². The van der Waals surface area contributed by atoms with Gasteiger partial charge in [0.1, 0.15) is 0 Å². The van der Waals surface area contributed by atoms with Crippen LogP contribution in [-0.4, -0.2) is 16.1 Å². The molecule has 12 heavy (non-hydrogen) atoms. The summed E-state index contributed by atoms with van der Waals surface area (Å²) in [6.07, 6.45) is 4.78. The number of aromatic nitrogens is 1. The predicted octanol–water partition coefficient (Wildman–Crippen LogP) is 1.35. The molecule has 0 saturated carbocycles. The molecule has 0 aromatic carbocycles. The summed E-state index contributed by atoms with van der Waals surface area (Å²) >= 11 is 0. The van der Waals surface area contributed by atoms with Gasteiger partial charge in [-0.2, -0.15) is 0 Å². The van der Waals surface area contributed by atoms with Crippen LogP contribution < -0.4 is 0 Å². The van der Waals surface area contributed by atoms with Gasteiger partial charge in [0, 0.05) is 12.4 Å². The Morgan fingerprint density at radius 1 is 1.75 bits per heavy atom. The third kappa shape index (κ3) is 1.92. The second kappa shape index (κ2) is 3.67. The number of carboxylic acid groups (broad SMARTS) is 1. The highest BCUT2D eigenvalue weighted by Gasteiger charge is 2.03. The van der Waals surface area contributed by atoms with E-state index in [1.807, 2.05) is 0 Å². The summed E-state index contributed by atoms with van der Waals surface area (Å²) in [5.41, 5.74) is 1.52. The van der Waals surface area contributed by atoms with Gasteiger partial charge in [-0.3, -0.25) is 9.78 Å². The van der Waals surface area contributed by atoms with Gasteiger partial charge in [0.05, 0.1) is 6.42 Å². The van der Waals surface area contributed by atoms with Crippen LogP contribution in [0.5, 0.6) is 0 Å². The van der Waals surface area contributed by atoms with Crippen molar-refractivity contribution in [3.8, 4) is 0 Å². The average Bonchev–Trinajstić information content (AvgIpc) is 2.04. The van der Waals surface area contributed by atoms with Gasteiger partial charge in [-0.15, -0.1) is 0 Å². The first-order chi connectivity index (χ1) is 5.74. The van der Waals surface area contributed by atoms with E-state index in [2.05, 4.69) is 11.6 Å². The summed E-state index contributed by atoms with van der Waals surface area (Å²) in [6, 6.07) is 1.74. The van der Waals surface area contributed by atoms with E-state index < -0.39 is 5.97 Å². The molecule has 0 unspecified atom stereocenters. The maximum Gasteiger partial charge on any atom is 0.307 e. The Hall–Kier alpha value is -1.64. The molecular weight excluding hydrogens is 154 g/mol. The third-order valence-corrected chi connectivity index (χ3v) is 1.50. The lowest BCUT2D eigenvalue weighted by molar-refractivity contribution is -0.136. The van der Waals surface area contributed by atoms with E-state index in [4.69, 9.17) is 5.11 Å². The van der Waals surface area contributed by atoms with Gasteiger partial charge < -0.3 is 5.11 Å². The van der Waals surface area contributed by atoms with E-state index >= 15 is 0 Å². The predicted molar refractivity (Wildman–Crippen MR) is 45.7 cm³/mol. The van der Waals surface area contributed by atoms with Crippen LogP contribution in [0.1, 0.15) is 11.1 Å². The molecule has 0 radical (unpaired) electrons. The normalized spacial score (nSPS) is 9.33. The molecule has 0 bridgehead atoms. The first kappa shape index (κ1) is 8.46. The molecule has 0 aliphatic rings. The van der Waals surface area contributed by atoms with Crippen LogP contribution in [0, 0.1) is 0 Å². The minimum atomic E-state index is -0.855. The van der Waals surface area contributed by atoms with E-state index in [1.54, 1.807) is 24.5 Å². The molecule has 62 valence electrons. The molecule has 0 atom stereocenters. The molecule has 1 aromatic rings. The number of carbonyl (C=O) groups is 1. The Balaban J connectivity index is 2.96. The molecule has 0 aliphatic heterocycles. The number of hydrogen-bond acceptors (Lipinski definition) is 2. The summed E-state index contributed by atoms with van der Waals surface area (Å²) in [7, 11) is 0. The molecule has 3 nitrogen and oxygen atoms in total. The van der Waals surface area contributed by atoms with Crippen molar-refractivity contribution in [3.05, 3.63) is 36.2 Å². The fourth-order valence-corrected chi connectivity index (χ4v) is 0.948. The monoisotopic (exact) mass is 163 g/mol. The van der Waals surface area contributed by atoms with Crippen molar-refractivity contribution in [3.63, 3.8) is 0 Å². The van der Waals surface area contributed by atoms with E-state index in [1.165, 1.54) is 0 Å². The molecule has 0 amide bonds. The highest BCUT2D eigenvalue weighted by molar-refractivity contribution is 5.72. The van der Waals surface area contributed by atoms with Crippen molar-refractivity contribution in [2.24, 2.45) is 0 Å². The van der Waals surface area contributed by atoms with Crippen molar-refractivity contribution in [1.29, 1.82) is 0 Å². The van der Waals surface area contributed by atoms with E-state index in [0.29, 0.717) is 5.56 Å². The molecule has 0 aliphatic carbocycles. The zero-order chi connectivity index (χ0) is 8.97. The van der Waals surface area contributed by atoms with Gasteiger partial charge in [-0.1, -0.05) is 12.7 Å². The topological polar surface area (TPSA) is 50.2 Å². The fraction of sp³-hybridized carbons (Fsp3) is 0.111. The number of nitrogens with zero attached hydrogens (tertiary/aromatic N) is 1. The third-order valence-electron chi connectivity index (χ3n) is 1.50. The highest BCUT2D eigenvalue weighted by atomic mass is 16.4. The minimum Gasteiger partial charge on any atom is -0.481 e. The van der Waals surface area contributed by atoms with Crippen LogP contribution in [0.4, 0.5) is 0 Å². The van der Waals surface area contributed by atoms with Gasteiger partial charge in [-0.05, 0) is 17.2 Å². The summed E-state index contributed by atoms with van der Waals surface area (Å²) in [6.45, 7) is 3.58. The molecule has 0 spiro atoms. The lowest BCUT2D eigenvalue weighted by Crippen LogP contribution is -2.02. The Morgan fingerprint density at radius 3 is 3.08 bits per heavy atom. The Labute approximate surface area is 70.4 Å².